The third kappa shape index (κ3) is 7.66. The van der Waals surface area contributed by atoms with Crippen LogP contribution in [-0.4, -0.2) is 18.4 Å². The molecule has 0 amide bonds. The van der Waals surface area contributed by atoms with Crippen LogP contribution in [0, 0.1) is 4.78 Å². The molecule has 0 spiro atoms. The number of nitrogens with one attached hydrogen (secondary N) is 1. The van der Waals surface area contributed by atoms with Crippen molar-refractivity contribution in [2.24, 2.45) is 0 Å². The van der Waals surface area contributed by atoms with Crippen LogP contribution in [0.2, 0.25) is 0 Å². The summed E-state index contributed by atoms with van der Waals surface area (Å²) in [6.45, 7) is 8.73. The number of aromatic nitrogens is 2. The van der Waals surface area contributed by atoms with Gasteiger partial charge in [-0.25, -0.2) is 9.97 Å². The molecule has 5 nitrogen and oxygen atoms in total. The van der Waals surface area contributed by atoms with Crippen LogP contribution in [0.5, 0.6) is 0 Å². The van der Waals surface area contributed by atoms with E-state index in [1.54, 1.807) is 0 Å². The highest BCUT2D eigenvalue weighted by atomic mass is 32.2. The molecular formula is C13H23N3O2S. The van der Waals surface area contributed by atoms with Crippen LogP contribution in [0.15, 0.2) is 6.20 Å². The fraction of sp³-hybridized carbons (Fsp3) is 0.692. The van der Waals surface area contributed by atoms with Gasteiger partial charge in [0.2, 0.25) is 0 Å². The van der Waals surface area contributed by atoms with Gasteiger partial charge in [-0.05, 0) is 24.3 Å². The van der Waals surface area contributed by atoms with Crippen molar-refractivity contribution in [1.82, 2.24) is 9.97 Å². The lowest BCUT2D eigenvalue weighted by Gasteiger charge is -2.12. The zero-order chi connectivity index (χ0) is 14.8. The Bertz CT molecular complexity index is 477. The minimum absolute atomic E-state index is 0.505. The minimum Gasteiger partial charge on any atom is -0.241 e. The van der Waals surface area contributed by atoms with Crippen molar-refractivity contribution >= 4 is 10.5 Å². The predicted octanol–water partition coefficient (Wildman–Crippen LogP) is 3.13. The van der Waals surface area contributed by atoms with E-state index in [4.69, 9.17) is 13.2 Å². The summed E-state index contributed by atoms with van der Waals surface area (Å²) in [4.78, 5) is 9.01. The van der Waals surface area contributed by atoms with E-state index in [1.165, 1.54) is 24.1 Å². The van der Waals surface area contributed by atoms with Crippen molar-refractivity contribution in [3.8, 4) is 0 Å². The van der Waals surface area contributed by atoms with Gasteiger partial charge in [0.15, 0.2) is 0 Å². The topological polar surface area (TPSA) is 83.8 Å². The molecule has 1 aromatic heterocycles. The van der Waals surface area contributed by atoms with Crippen molar-refractivity contribution in [1.29, 1.82) is 4.78 Å². The van der Waals surface area contributed by atoms with Crippen molar-refractivity contribution in [2.75, 3.05) is 0 Å². The SMILES string of the molecule is CCCCc1cnc(CC)nc1C(C)C.N=S(=O)=O. The molecule has 0 unspecified atom stereocenters. The molecule has 1 aromatic rings. The summed E-state index contributed by atoms with van der Waals surface area (Å²) in [5.74, 6) is 1.48. The van der Waals surface area contributed by atoms with Gasteiger partial charge in [0.25, 0.3) is 0 Å². The van der Waals surface area contributed by atoms with Gasteiger partial charge in [-0.15, -0.1) is 0 Å². The van der Waals surface area contributed by atoms with E-state index in [2.05, 4.69) is 37.7 Å². The Balaban J connectivity index is 0.000000711. The molecule has 108 valence electrons. The van der Waals surface area contributed by atoms with E-state index in [0.29, 0.717) is 5.92 Å². The highest BCUT2D eigenvalue weighted by molar-refractivity contribution is 7.60. The minimum atomic E-state index is -2.61. The highest BCUT2D eigenvalue weighted by Gasteiger charge is 2.09. The third-order valence-electron chi connectivity index (χ3n) is 2.61. The summed E-state index contributed by atoms with van der Waals surface area (Å²) in [5, 5.41) is 0. The van der Waals surface area contributed by atoms with Crippen LogP contribution in [0.1, 0.15) is 63.5 Å². The lowest BCUT2D eigenvalue weighted by Crippen LogP contribution is -2.05. The summed E-state index contributed by atoms with van der Waals surface area (Å²) in [6.07, 6.45) is 6.53. The number of nitrogens with zero attached hydrogens (tertiary/aromatic N) is 2. The maximum absolute atomic E-state index is 8.67. The van der Waals surface area contributed by atoms with Crippen LogP contribution in [0.4, 0.5) is 0 Å². The van der Waals surface area contributed by atoms with Gasteiger partial charge in [-0.3, -0.25) is 0 Å². The molecule has 0 fully saturated rings. The van der Waals surface area contributed by atoms with Crippen LogP contribution in [0.3, 0.4) is 0 Å². The van der Waals surface area contributed by atoms with E-state index in [9.17, 15) is 0 Å². The molecule has 0 aliphatic carbocycles. The Morgan fingerprint density at radius 2 is 1.89 bits per heavy atom. The molecule has 1 heterocycles. The van der Waals surface area contributed by atoms with Gasteiger partial charge in [-0.1, -0.05) is 34.1 Å². The molecule has 0 aliphatic rings. The van der Waals surface area contributed by atoms with E-state index in [-0.39, 0.29) is 0 Å². The fourth-order valence-electron chi connectivity index (χ4n) is 1.69. The van der Waals surface area contributed by atoms with Gasteiger partial charge >= 0.3 is 10.5 Å². The Morgan fingerprint density at radius 3 is 2.32 bits per heavy atom. The van der Waals surface area contributed by atoms with E-state index in [0.717, 1.165) is 18.7 Å². The standard InChI is InChI=1S/C13H22N2.HNO2S/c1-5-7-8-11-9-14-12(6-2)15-13(11)10(3)4;1-4(2)3/h9-10H,5-8H2,1-4H3;1H. The number of unbranched alkanes of at least 4 members (excludes halogenated alkanes) is 1. The summed E-state index contributed by atoms with van der Waals surface area (Å²) < 4.78 is 22.8. The summed E-state index contributed by atoms with van der Waals surface area (Å²) in [6, 6.07) is 0. The molecule has 0 atom stereocenters. The second-order valence-corrected chi connectivity index (χ2v) is 5.01. The Hall–Kier alpha value is -1.30. The van der Waals surface area contributed by atoms with E-state index in [1.807, 2.05) is 6.20 Å². The molecule has 19 heavy (non-hydrogen) atoms. The van der Waals surface area contributed by atoms with Gasteiger partial charge < -0.3 is 0 Å². The molecule has 0 saturated heterocycles. The van der Waals surface area contributed by atoms with Crippen LogP contribution in [-0.2, 0) is 23.3 Å². The monoisotopic (exact) mass is 285 g/mol. The highest BCUT2D eigenvalue weighted by Crippen LogP contribution is 2.18. The maximum Gasteiger partial charge on any atom is 0.308 e. The fourth-order valence-corrected chi connectivity index (χ4v) is 1.69. The largest absolute Gasteiger partial charge is 0.308 e. The molecule has 6 heteroatoms. The van der Waals surface area contributed by atoms with Gasteiger partial charge in [0, 0.05) is 18.3 Å². The first kappa shape index (κ1) is 17.7. The maximum atomic E-state index is 8.67. The molecule has 0 aromatic carbocycles. The molecule has 0 bridgehead atoms. The predicted molar refractivity (Wildman–Crippen MR) is 75.8 cm³/mol. The van der Waals surface area contributed by atoms with Crippen molar-refractivity contribution in [2.45, 2.75) is 59.3 Å². The number of hydrogen-bond donors (Lipinski definition) is 1. The van der Waals surface area contributed by atoms with Gasteiger partial charge in [0.1, 0.15) is 5.82 Å². The lowest BCUT2D eigenvalue weighted by atomic mass is 10.0. The normalized spacial score (nSPS) is 9.95. The lowest BCUT2D eigenvalue weighted by molar-refractivity contribution is 0.620. The first-order chi connectivity index (χ1) is 8.92. The Labute approximate surface area is 117 Å². The first-order valence-electron chi connectivity index (χ1n) is 6.57. The van der Waals surface area contributed by atoms with Crippen LogP contribution >= 0.6 is 0 Å². The molecule has 1 N–H and O–H groups in total. The summed E-state index contributed by atoms with van der Waals surface area (Å²) in [5.41, 5.74) is 2.58. The zero-order valence-electron chi connectivity index (χ0n) is 12.1. The molecular weight excluding hydrogens is 262 g/mol. The van der Waals surface area contributed by atoms with Crippen molar-refractivity contribution in [3.63, 3.8) is 0 Å². The third-order valence-corrected chi connectivity index (χ3v) is 2.61. The summed E-state index contributed by atoms with van der Waals surface area (Å²) >= 11 is 0. The molecule has 1 rings (SSSR count). The van der Waals surface area contributed by atoms with Crippen LogP contribution < -0.4 is 0 Å². The quantitative estimate of drug-likeness (QED) is 0.900. The molecule has 0 aliphatic heterocycles. The average molecular weight is 285 g/mol. The summed E-state index contributed by atoms with van der Waals surface area (Å²) in [7, 11) is -2.61. The van der Waals surface area contributed by atoms with Gasteiger partial charge in [0.05, 0.1) is 0 Å². The second kappa shape index (κ2) is 9.61. The van der Waals surface area contributed by atoms with Crippen LogP contribution in [0.25, 0.3) is 0 Å². The Kier molecular flexibility index (Phi) is 8.95. The molecule has 0 saturated carbocycles. The number of hydrogen-bond acceptors (Lipinski definition) is 5. The smallest absolute Gasteiger partial charge is 0.241 e. The zero-order valence-corrected chi connectivity index (χ0v) is 12.9. The van der Waals surface area contributed by atoms with Crippen molar-refractivity contribution < 1.29 is 8.42 Å². The van der Waals surface area contributed by atoms with E-state index < -0.39 is 10.5 Å². The Morgan fingerprint density at radius 1 is 1.32 bits per heavy atom. The van der Waals surface area contributed by atoms with E-state index >= 15 is 0 Å². The van der Waals surface area contributed by atoms with Gasteiger partial charge in [-0.2, -0.15) is 13.2 Å². The first-order valence-corrected chi connectivity index (χ1v) is 7.64. The average Bonchev–Trinajstić information content (AvgIpc) is 2.35. The number of aryl methyl sites for hydroxylation is 2. The number of rotatable bonds is 5. The second-order valence-electron chi connectivity index (χ2n) is 4.54. The molecule has 0 radical (unpaired) electrons. The van der Waals surface area contributed by atoms with Crippen molar-refractivity contribution in [3.05, 3.63) is 23.3 Å².